The molecule has 2 amide bonds. The first-order valence-corrected chi connectivity index (χ1v) is 11.6. The normalized spacial score (nSPS) is 11.2. The number of amides is 2. The Labute approximate surface area is 214 Å². The second kappa shape index (κ2) is 12.7. The number of nitrogens with one attached hydrogen (secondary N) is 1. The van der Waals surface area contributed by atoms with Gasteiger partial charge in [0.1, 0.15) is 11.4 Å². The number of halogens is 3. The van der Waals surface area contributed by atoms with Crippen molar-refractivity contribution in [3.05, 3.63) is 70.4 Å². The van der Waals surface area contributed by atoms with Crippen molar-refractivity contribution in [2.45, 2.75) is 51.6 Å². The summed E-state index contributed by atoms with van der Waals surface area (Å²) in [6.07, 6.45) is -0.854. The quantitative estimate of drug-likeness (QED) is 0.252. The Hall–Kier alpha value is -4.49. The van der Waals surface area contributed by atoms with Crippen molar-refractivity contribution in [1.82, 2.24) is 19.6 Å². The number of Topliss-reactive ketones (excluding diaryl/α,β-unsaturated/α-hetero) is 1. The number of nitrogens with zero attached hydrogens (tertiary/aromatic N) is 4. The number of ketones is 1. The van der Waals surface area contributed by atoms with Gasteiger partial charge in [0.15, 0.2) is 5.78 Å². The number of pyridine rings is 1. The Morgan fingerprint density at radius 2 is 1.82 bits per heavy atom. The Bertz CT molecular complexity index is 1350. The van der Waals surface area contributed by atoms with Crippen LogP contribution in [0.15, 0.2) is 53.6 Å². The van der Waals surface area contributed by atoms with Crippen molar-refractivity contribution in [2.75, 3.05) is 5.32 Å². The summed E-state index contributed by atoms with van der Waals surface area (Å²) < 4.78 is 44.0. The summed E-state index contributed by atoms with van der Waals surface area (Å²) in [7, 11) is 0. The number of aromatic nitrogens is 4. The number of aryl methyl sites for hydroxylation is 2. The molecule has 0 aliphatic rings. The average molecular weight is 534 g/mol. The van der Waals surface area contributed by atoms with Crippen molar-refractivity contribution in [2.24, 2.45) is 5.73 Å². The summed E-state index contributed by atoms with van der Waals surface area (Å²) in [4.78, 5) is 47.4. The predicted octanol–water partition coefficient (Wildman–Crippen LogP) is 2.45. The molecule has 11 nitrogen and oxygen atoms in total. The van der Waals surface area contributed by atoms with Crippen molar-refractivity contribution >= 4 is 23.3 Å². The van der Waals surface area contributed by atoms with Gasteiger partial charge >= 0.3 is 6.36 Å². The monoisotopic (exact) mass is 534 g/mol. The van der Waals surface area contributed by atoms with Gasteiger partial charge in [0.25, 0.3) is 5.56 Å². The summed E-state index contributed by atoms with van der Waals surface area (Å²) in [5, 5.41) is 10.2. The Morgan fingerprint density at radius 3 is 2.53 bits per heavy atom. The molecular weight excluding hydrogens is 509 g/mol. The first-order chi connectivity index (χ1) is 18.0. The van der Waals surface area contributed by atoms with Crippen LogP contribution in [0.25, 0.3) is 0 Å². The zero-order valence-corrected chi connectivity index (χ0v) is 20.1. The molecule has 38 heavy (non-hydrogen) atoms. The van der Waals surface area contributed by atoms with Gasteiger partial charge in [-0.2, -0.15) is 0 Å². The molecule has 0 saturated carbocycles. The number of hydrogen-bond donors (Lipinski definition) is 2. The van der Waals surface area contributed by atoms with Crippen molar-refractivity contribution in [3.63, 3.8) is 0 Å². The van der Waals surface area contributed by atoms with E-state index in [9.17, 15) is 32.3 Å². The highest BCUT2D eigenvalue weighted by molar-refractivity contribution is 5.95. The van der Waals surface area contributed by atoms with Gasteiger partial charge in [0, 0.05) is 43.9 Å². The average Bonchev–Trinajstić information content (AvgIpc) is 3.29. The van der Waals surface area contributed by atoms with Gasteiger partial charge in [0.2, 0.25) is 11.8 Å². The first kappa shape index (κ1) is 28.1. The Morgan fingerprint density at radius 1 is 1.05 bits per heavy atom. The first-order valence-electron chi connectivity index (χ1n) is 11.6. The maximum Gasteiger partial charge on any atom is 0.573 e. The zero-order valence-electron chi connectivity index (χ0n) is 20.1. The summed E-state index contributed by atoms with van der Waals surface area (Å²) >= 11 is 0. The van der Waals surface area contributed by atoms with E-state index < -0.39 is 23.9 Å². The van der Waals surface area contributed by atoms with Gasteiger partial charge in [-0.1, -0.05) is 17.3 Å². The van der Waals surface area contributed by atoms with Gasteiger partial charge in [-0.05, 0) is 36.6 Å². The highest BCUT2D eigenvalue weighted by Gasteiger charge is 2.31. The van der Waals surface area contributed by atoms with E-state index in [1.807, 2.05) is 0 Å². The molecule has 3 rings (SSSR count). The lowest BCUT2D eigenvalue weighted by Gasteiger charge is -2.11. The molecule has 1 aromatic carbocycles. The fourth-order valence-electron chi connectivity index (χ4n) is 3.47. The number of carbonyl (C=O) groups excluding carboxylic acids is 3. The second-order valence-electron chi connectivity index (χ2n) is 8.33. The standard InChI is InChI=1S/C24H25F3N6O5/c25-24(26,27)38-18-5-3-4-16(12-18)13-22(36)29-17-8-11-32(23(37)14-17)9-1-2-10-33-15-19(30-31-33)20(34)6-7-21(28)35/h3-5,8,11-12,14-15H,1-2,6-7,9-10,13H2,(H2,28,35)(H,29,36). The van der Waals surface area contributed by atoms with Crippen LogP contribution >= 0.6 is 0 Å². The fourth-order valence-corrected chi connectivity index (χ4v) is 3.47. The molecule has 0 spiro atoms. The van der Waals surface area contributed by atoms with Gasteiger partial charge in [0.05, 0.1) is 12.6 Å². The number of rotatable bonds is 13. The van der Waals surface area contributed by atoms with E-state index in [4.69, 9.17) is 5.73 Å². The van der Waals surface area contributed by atoms with Crippen LogP contribution in [-0.2, 0) is 29.1 Å². The highest BCUT2D eigenvalue weighted by atomic mass is 19.4. The van der Waals surface area contributed by atoms with E-state index >= 15 is 0 Å². The molecule has 2 aromatic heterocycles. The molecule has 2 heterocycles. The van der Waals surface area contributed by atoms with Gasteiger partial charge in [-0.25, -0.2) is 0 Å². The third-order valence-corrected chi connectivity index (χ3v) is 5.24. The molecule has 202 valence electrons. The van der Waals surface area contributed by atoms with Crippen LogP contribution in [0.1, 0.15) is 41.7 Å². The summed E-state index contributed by atoms with van der Waals surface area (Å²) in [6, 6.07) is 7.88. The largest absolute Gasteiger partial charge is 0.573 e. The summed E-state index contributed by atoms with van der Waals surface area (Å²) in [5.41, 5.74) is 5.42. The number of unbranched alkanes of at least 4 members (excludes halogenated alkanes) is 1. The number of benzene rings is 1. The van der Waals surface area contributed by atoms with Gasteiger partial charge in [-0.3, -0.25) is 23.9 Å². The van der Waals surface area contributed by atoms with E-state index in [-0.39, 0.29) is 42.0 Å². The van der Waals surface area contributed by atoms with Crippen molar-refractivity contribution in [1.29, 1.82) is 0 Å². The van der Waals surface area contributed by atoms with Crippen molar-refractivity contribution in [3.8, 4) is 5.75 Å². The molecular formula is C24H25F3N6O5. The van der Waals surface area contributed by atoms with E-state index in [0.29, 0.717) is 31.5 Å². The molecule has 14 heteroatoms. The zero-order chi connectivity index (χ0) is 27.7. The lowest BCUT2D eigenvalue weighted by Crippen LogP contribution is -2.21. The number of anilines is 1. The molecule has 0 fully saturated rings. The number of carbonyl (C=O) groups is 3. The smallest absolute Gasteiger partial charge is 0.406 e. The third kappa shape index (κ3) is 9.19. The van der Waals surface area contributed by atoms with E-state index in [2.05, 4.69) is 20.4 Å². The number of nitrogens with two attached hydrogens (primary N) is 1. The third-order valence-electron chi connectivity index (χ3n) is 5.24. The molecule has 0 unspecified atom stereocenters. The lowest BCUT2D eigenvalue weighted by molar-refractivity contribution is -0.274. The number of primary amides is 1. The molecule has 0 aliphatic carbocycles. The van der Waals surface area contributed by atoms with E-state index in [0.717, 1.165) is 12.1 Å². The summed E-state index contributed by atoms with van der Waals surface area (Å²) in [6.45, 7) is 0.867. The van der Waals surface area contributed by atoms with Crippen LogP contribution in [0.4, 0.5) is 18.9 Å². The minimum Gasteiger partial charge on any atom is -0.406 e. The lowest BCUT2D eigenvalue weighted by atomic mass is 10.1. The number of ether oxygens (including phenoxy) is 1. The second-order valence-corrected chi connectivity index (χ2v) is 8.33. The maximum absolute atomic E-state index is 12.4. The highest BCUT2D eigenvalue weighted by Crippen LogP contribution is 2.23. The molecule has 0 bridgehead atoms. The topological polar surface area (TPSA) is 151 Å². The van der Waals surface area contributed by atoms with E-state index in [1.54, 1.807) is 6.07 Å². The molecule has 3 N–H and O–H groups in total. The van der Waals surface area contributed by atoms with Crippen LogP contribution in [0.5, 0.6) is 5.75 Å². The minimum absolute atomic E-state index is 0.0303. The summed E-state index contributed by atoms with van der Waals surface area (Å²) in [5.74, 6) is -1.83. The number of alkyl halides is 3. The Balaban J connectivity index is 1.45. The maximum atomic E-state index is 12.4. The van der Waals surface area contributed by atoms with E-state index in [1.165, 1.54) is 39.8 Å². The minimum atomic E-state index is -4.83. The molecule has 0 radical (unpaired) electrons. The SMILES string of the molecule is NC(=O)CCC(=O)c1cn(CCCCn2ccc(NC(=O)Cc3cccc(OC(F)(F)F)c3)cc2=O)nn1. The van der Waals surface area contributed by atoms with Crippen LogP contribution < -0.4 is 21.3 Å². The van der Waals surface area contributed by atoms with Crippen LogP contribution in [0, 0.1) is 0 Å². The van der Waals surface area contributed by atoms with Crippen LogP contribution in [0.3, 0.4) is 0 Å². The Kier molecular flexibility index (Phi) is 9.35. The fraction of sp³-hybridized carbons (Fsp3) is 0.333. The van der Waals surface area contributed by atoms with Gasteiger partial charge in [-0.15, -0.1) is 18.3 Å². The molecule has 0 atom stereocenters. The number of hydrogen-bond acceptors (Lipinski definition) is 7. The molecule has 0 aliphatic heterocycles. The molecule has 3 aromatic rings. The van der Waals surface area contributed by atoms with Crippen molar-refractivity contribution < 1.29 is 32.3 Å². The molecule has 0 saturated heterocycles. The predicted molar refractivity (Wildman–Crippen MR) is 128 cm³/mol. The van der Waals surface area contributed by atoms with Crippen LogP contribution in [-0.4, -0.2) is 43.5 Å². The van der Waals surface area contributed by atoms with Crippen LogP contribution in [0.2, 0.25) is 0 Å². The van der Waals surface area contributed by atoms with Gasteiger partial charge < -0.3 is 20.4 Å².